The van der Waals surface area contributed by atoms with E-state index >= 15 is 4.39 Å². The summed E-state index contributed by atoms with van der Waals surface area (Å²) in [5.41, 5.74) is 7.37. The smallest absolute Gasteiger partial charge is 0.325 e. The molecular formula is C35H35F2N5O5S. The van der Waals surface area contributed by atoms with Gasteiger partial charge in [-0.1, -0.05) is 36.4 Å². The number of hydrogen-bond acceptors (Lipinski definition) is 7. The molecule has 1 aromatic heterocycles. The molecule has 0 saturated carbocycles. The summed E-state index contributed by atoms with van der Waals surface area (Å²) in [4.78, 5) is 35.9. The van der Waals surface area contributed by atoms with Gasteiger partial charge in [-0.3, -0.25) is 14.6 Å². The summed E-state index contributed by atoms with van der Waals surface area (Å²) in [5.74, 6) is -2.19. The number of pyridine rings is 1. The maximum Gasteiger partial charge on any atom is 0.325 e. The topological polar surface area (TPSA) is 126 Å². The molecule has 250 valence electrons. The second-order valence-corrected chi connectivity index (χ2v) is 14.1. The summed E-state index contributed by atoms with van der Waals surface area (Å²) in [6, 6.07) is 20.1. The predicted octanol–water partition coefficient (Wildman–Crippen LogP) is 5.61. The number of nitrogens with zero attached hydrogens (tertiary/aromatic N) is 4. The molecule has 13 heteroatoms. The summed E-state index contributed by atoms with van der Waals surface area (Å²) in [5, 5.41) is 0. The minimum absolute atomic E-state index is 0.130. The summed E-state index contributed by atoms with van der Waals surface area (Å²) in [6.45, 7) is 4.09. The van der Waals surface area contributed by atoms with Gasteiger partial charge in [0.05, 0.1) is 28.7 Å². The Morgan fingerprint density at radius 2 is 1.67 bits per heavy atom. The Morgan fingerprint density at radius 3 is 2.29 bits per heavy atom. The lowest BCUT2D eigenvalue weighted by atomic mass is 9.98. The molecule has 48 heavy (non-hydrogen) atoms. The first kappa shape index (κ1) is 33.0. The molecular weight excluding hydrogens is 640 g/mol. The van der Waals surface area contributed by atoms with Crippen molar-refractivity contribution in [2.45, 2.75) is 43.3 Å². The summed E-state index contributed by atoms with van der Waals surface area (Å²) < 4.78 is 58.6. The van der Waals surface area contributed by atoms with Gasteiger partial charge >= 0.3 is 6.03 Å². The zero-order chi connectivity index (χ0) is 34.2. The van der Waals surface area contributed by atoms with Crippen LogP contribution in [0.1, 0.15) is 46.1 Å². The molecule has 3 amide bonds. The average Bonchev–Trinajstić information content (AvgIpc) is 3.39. The number of carbonyl (C=O) groups is 2. The summed E-state index contributed by atoms with van der Waals surface area (Å²) in [6.07, 6.45) is 2.51. The quantitative estimate of drug-likeness (QED) is 0.245. The molecule has 10 nitrogen and oxygen atoms in total. The molecule has 0 radical (unpaired) electrons. The summed E-state index contributed by atoms with van der Waals surface area (Å²) >= 11 is 0. The van der Waals surface area contributed by atoms with E-state index in [1.54, 1.807) is 23.1 Å². The molecule has 2 fully saturated rings. The van der Waals surface area contributed by atoms with Gasteiger partial charge in [-0.05, 0) is 61.2 Å². The van der Waals surface area contributed by atoms with Gasteiger partial charge in [0.2, 0.25) is 5.88 Å². The van der Waals surface area contributed by atoms with E-state index in [1.807, 2.05) is 43.3 Å². The van der Waals surface area contributed by atoms with Crippen LogP contribution in [0.3, 0.4) is 0 Å². The Hall–Kier alpha value is -4.88. The van der Waals surface area contributed by atoms with Crippen molar-refractivity contribution in [3.63, 3.8) is 0 Å². The number of sulfone groups is 1. The summed E-state index contributed by atoms with van der Waals surface area (Å²) in [7, 11) is -3.30. The number of likely N-dealkylation sites (tertiary alicyclic amines) is 1. The Kier molecular flexibility index (Phi) is 9.17. The van der Waals surface area contributed by atoms with Gasteiger partial charge in [-0.25, -0.2) is 27.0 Å². The van der Waals surface area contributed by atoms with Gasteiger partial charge < -0.3 is 15.4 Å². The fourth-order valence-electron chi connectivity index (χ4n) is 6.36. The maximum absolute atomic E-state index is 15.1. The van der Waals surface area contributed by atoms with Crippen molar-refractivity contribution in [2.24, 2.45) is 5.73 Å². The maximum atomic E-state index is 15.1. The standard InChI is InChI=1S/C35H35F2N5O5S/c1-22-24(8-13-33(39-22)47-26-9-11-27(12-10-26)48(2,45)46)20-40-16-14-25(15-17-40)42-32(23-6-4-3-5-7-23)21-41(35(42)44)31-18-28(34(38)43)29(36)19-30(31)37/h3-13,18-19,25,32H,14-17,20-21H2,1-2H3,(H2,38,43)/t32-/m0/s1. The van der Waals surface area contributed by atoms with Crippen molar-refractivity contribution >= 4 is 27.5 Å². The highest BCUT2D eigenvalue weighted by molar-refractivity contribution is 7.90. The van der Waals surface area contributed by atoms with E-state index in [9.17, 15) is 22.4 Å². The zero-order valence-electron chi connectivity index (χ0n) is 26.5. The van der Waals surface area contributed by atoms with Crippen LogP contribution in [0.4, 0.5) is 19.3 Å². The van der Waals surface area contributed by atoms with Crippen molar-refractivity contribution in [3.05, 3.63) is 113 Å². The van der Waals surface area contributed by atoms with Gasteiger partial charge in [0.25, 0.3) is 5.91 Å². The van der Waals surface area contributed by atoms with Crippen molar-refractivity contribution in [1.29, 1.82) is 0 Å². The zero-order valence-corrected chi connectivity index (χ0v) is 27.3. The first-order valence-electron chi connectivity index (χ1n) is 15.5. The lowest BCUT2D eigenvalue weighted by Gasteiger charge is -2.39. The third kappa shape index (κ3) is 6.87. The number of hydrogen-bond donors (Lipinski definition) is 1. The highest BCUT2D eigenvalue weighted by atomic mass is 32.2. The number of nitrogens with two attached hydrogens (primary N) is 1. The number of amides is 3. The third-order valence-electron chi connectivity index (χ3n) is 8.91. The molecule has 2 aliphatic rings. The largest absolute Gasteiger partial charge is 0.439 e. The van der Waals surface area contributed by atoms with Crippen LogP contribution in [0, 0.1) is 18.6 Å². The number of urea groups is 1. The second-order valence-electron chi connectivity index (χ2n) is 12.1. The van der Waals surface area contributed by atoms with E-state index in [1.165, 1.54) is 17.0 Å². The number of halogens is 2. The fourth-order valence-corrected chi connectivity index (χ4v) is 6.99. The highest BCUT2D eigenvalue weighted by Gasteiger charge is 2.44. The van der Waals surface area contributed by atoms with Crippen LogP contribution in [0.25, 0.3) is 0 Å². The van der Waals surface area contributed by atoms with Gasteiger partial charge in [0.1, 0.15) is 17.4 Å². The van der Waals surface area contributed by atoms with E-state index in [0.29, 0.717) is 50.2 Å². The average molecular weight is 676 g/mol. The van der Waals surface area contributed by atoms with E-state index < -0.39 is 39.0 Å². The van der Waals surface area contributed by atoms with Crippen LogP contribution in [0.5, 0.6) is 11.6 Å². The number of ether oxygens (including phenoxy) is 1. The van der Waals surface area contributed by atoms with Crippen molar-refractivity contribution in [3.8, 4) is 11.6 Å². The Bertz CT molecular complexity index is 1950. The molecule has 3 heterocycles. The van der Waals surface area contributed by atoms with Crippen LogP contribution >= 0.6 is 0 Å². The number of aromatic nitrogens is 1. The SMILES string of the molecule is Cc1nc(Oc2ccc(S(C)(=O)=O)cc2)ccc1CN1CCC(N2C(=O)N(c3cc(C(N)=O)c(F)cc3F)C[C@H]2c2ccccc2)CC1. The number of rotatable bonds is 9. The monoisotopic (exact) mass is 675 g/mol. The molecule has 0 aliphatic carbocycles. The third-order valence-corrected chi connectivity index (χ3v) is 10.0. The first-order chi connectivity index (χ1) is 22.9. The molecule has 6 rings (SSSR count). The normalized spacial score (nSPS) is 17.6. The molecule has 3 aromatic carbocycles. The molecule has 2 saturated heterocycles. The molecule has 2 N–H and O–H groups in total. The minimum Gasteiger partial charge on any atom is -0.439 e. The van der Waals surface area contributed by atoms with Crippen LogP contribution in [-0.4, -0.2) is 67.1 Å². The molecule has 4 aromatic rings. The number of benzene rings is 3. The number of aryl methyl sites for hydroxylation is 1. The fraction of sp³-hybridized carbons (Fsp3) is 0.286. The first-order valence-corrected chi connectivity index (χ1v) is 17.4. The van der Waals surface area contributed by atoms with E-state index in [-0.39, 0.29) is 29.2 Å². The Balaban J connectivity index is 1.14. The van der Waals surface area contributed by atoms with Gasteiger partial charge in [0, 0.05) is 49.8 Å². The number of anilines is 1. The van der Waals surface area contributed by atoms with Gasteiger partial charge in [-0.2, -0.15) is 0 Å². The molecule has 0 unspecified atom stereocenters. The molecule has 2 aliphatic heterocycles. The van der Waals surface area contributed by atoms with Crippen LogP contribution in [0.15, 0.2) is 83.8 Å². The Labute approximate surface area is 277 Å². The lowest BCUT2D eigenvalue weighted by Crippen LogP contribution is -2.47. The van der Waals surface area contributed by atoms with Gasteiger partial charge in [-0.15, -0.1) is 0 Å². The van der Waals surface area contributed by atoms with Crippen LogP contribution < -0.4 is 15.4 Å². The predicted molar refractivity (Wildman–Crippen MR) is 176 cm³/mol. The Morgan fingerprint density at radius 1 is 0.979 bits per heavy atom. The van der Waals surface area contributed by atoms with Gasteiger partial charge in [0.15, 0.2) is 9.84 Å². The second kappa shape index (κ2) is 13.3. The van der Waals surface area contributed by atoms with Crippen LogP contribution in [0.2, 0.25) is 0 Å². The highest BCUT2D eigenvalue weighted by Crippen LogP contribution is 2.38. The van der Waals surface area contributed by atoms with E-state index in [4.69, 9.17) is 10.5 Å². The number of carbonyl (C=O) groups excluding carboxylic acids is 2. The van der Waals surface area contributed by atoms with E-state index in [2.05, 4.69) is 9.88 Å². The molecule has 0 spiro atoms. The van der Waals surface area contributed by atoms with Crippen molar-refractivity contribution in [1.82, 2.24) is 14.8 Å². The molecule has 1 atom stereocenters. The van der Waals surface area contributed by atoms with E-state index in [0.717, 1.165) is 29.1 Å². The van der Waals surface area contributed by atoms with Crippen molar-refractivity contribution < 1.29 is 31.5 Å². The lowest BCUT2D eigenvalue weighted by molar-refractivity contribution is 0.0996. The number of primary amides is 1. The van der Waals surface area contributed by atoms with Crippen LogP contribution in [-0.2, 0) is 16.4 Å². The minimum atomic E-state index is -3.30. The molecule has 0 bridgehead atoms. The van der Waals surface area contributed by atoms with Crippen molar-refractivity contribution in [2.75, 3.05) is 30.8 Å². The number of piperidine rings is 1.